The summed E-state index contributed by atoms with van der Waals surface area (Å²) in [6.45, 7) is 0.377. The van der Waals surface area contributed by atoms with E-state index in [9.17, 15) is 5.26 Å². The number of nitrogens with zero attached hydrogens (tertiary/aromatic N) is 3. The third-order valence-corrected chi connectivity index (χ3v) is 4.75. The number of rotatable bonds is 4. The van der Waals surface area contributed by atoms with E-state index in [-0.39, 0.29) is 0 Å². The van der Waals surface area contributed by atoms with E-state index >= 15 is 0 Å². The Kier molecular flexibility index (Phi) is 4.79. The van der Waals surface area contributed by atoms with Crippen LogP contribution in [0.15, 0.2) is 67.0 Å². The lowest BCUT2D eigenvalue weighted by Crippen LogP contribution is -2.01. The Bertz CT molecular complexity index is 1200. The van der Waals surface area contributed by atoms with E-state index in [4.69, 9.17) is 22.1 Å². The molecule has 0 spiro atoms. The van der Waals surface area contributed by atoms with Crippen molar-refractivity contribution < 1.29 is 4.74 Å². The Morgan fingerprint density at radius 2 is 1.82 bits per heavy atom. The van der Waals surface area contributed by atoms with E-state index in [0.717, 1.165) is 5.56 Å². The molecule has 3 aromatic carbocycles. The van der Waals surface area contributed by atoms with Crippen LogP contribution in [-0.2, 0) is 6.61 Å². The average molecular weight is 387 g/mol. The summed E-state index contributed by atoms with van der Waals surface area (Å²) in [7, 11) is 0. The topological polar surface area (TPSA) is 84.8 Å². The summed E-state index contributed by atoms with van der Waals surface area (Å²) < 4.78 is 6.11. The van der Waals surface area contributed by atoms with Crippen molar-refractivity contribution in [2.24, 2.45) is 0 Å². The summed E-state index contributed by atoms with van der Waals surface area (Å²) in [5.41, 5.74) is 9.34. The van der Waals surface area contributed by atoms with Crippen LogP contribution in [0.2, 0.25) is 5.02 Å². The van der Waals surface area contributed by atoms with Crippen LogP contribution in [0.1, 0.15) is 11.1 Å². The molecule has 4 aromatic rings. The average Bonchev–Trinajstić information content (AvgIpc) is 2.72. The molecular formula is C22H15ClN4O. The molecule has 0 atom stereocenters. The largest absolute Gasteiger partial charge is 0.488 e. The van der Waals surface area contributed by atoms with Crippen molar-refractivity contribution in [3.63, 3.8) is 0 Å². The van der Waals surface area contributed by atoms with Crippen molar-refractivity contribution >= 4 is 28.3 Å². The Morgan fingerprint density at radius 3 is 2.61 bits per heavy atom. The number of nitriles is 1. The third kappa shape index (κ3) is 3.22. The lowest BCUT2D eigenvalue weighted by atomic mass is 9.96. The molecule has 1 heterocycles. The van der Waals surface area contributed by atoms with E-state index in [1.54, 1.807) is 12.1 Å². The fourth-order valence-electron chi connectivity index (χ4n) is 3.09. The van der Waals surface area contributed by atoms with Crippen molar-refractivity contribution in [3.8, 4) is 22.9 Å². The molecule has 0 amide bonds. The minimum Gasteiger partial charge on any atom is -0.488 e. The third-order valence-electron chi connectivity index (χ3n) is 4.43. The van der Waals surface area contributed by atoms with Crippen LogP contribution in [0.25, 0.3) is 22.0 Å². The maximum absolute atomic E-state index is 9.65. The lowest BCUT2D eigenvalue weighted by Gasteiger charge is -2.16. The van der Waals surface area contributed by atoms with Crippen LogP contribution < -0.4 is 10.5 Å². The standard InChI is InChI=1S/C22H15ClN4O/c23-18-8-4-7-15(17(18)11-24)20-19(28-12-14-5-2-1-3-6-14)10-9-16-21(20)26-13-27-22(16)25/h1-10,13H,12H2,(H2,25,26,27). The maximum atomic E-state index is 9.65. The number of nitrogen functional groups attached to an aromatic ring is 1. The van der Waals surface area contributed by atoms with E-state index in [1.807, 2.05) is 48.5 Å². The zero-order valence-corrected chi connectivity index (χ0v) is 15.5. The molecular weight excluding hydrogens is 372 g/mol. The summed E-state index contributed by atoms with van der Waals surface area (Å²) in [5.74, 6) is 0.953. The Hall–Kier alpha value is -3.62. The van der Waals surface area contributed by atoms with Crippen LogP contribution in [0.3, 0.4) is 0 Å². The number of hydrogen-bond donors (Lipinski definition) is 1. The number of halogens is 1. The molecule has 28 heavy (non-hydrogen) atoms. The monoisotopic (exact) mass is 386 g/mol. The molecule has 1 aromatic heterocycles. The summed E-state index contributed by atoms with van der Waals surface area (Å²) in [6, 6.07) is 21.0. The summed E-state index contributed by atoms with van der Waals surface area (Å²) in [5, 5.41) is 10.7. The zero-order chi connectivity index (χ0) is 19.5. The second kappa shape index (κ2) is 7.55. The summed E-state index contributed by atoms with van der Waals surface area (Å²) in [6.07, 6.45) is 1.40. The predicted octanol–water partition coefficient (Wildman–Crippen LogP) is 4.98. The first kappa shape index (κ1) is 17.8. The quantitative estimate of drug-likeness (QED) is 0.534. The van der Waals surface area contributed by atoms with Crippen molar-refractivity contribution in [3.05, 3.63) is 83.1 Å². The van der Waals surface area contributed by atoms with Gasteiger partial charge in [-0.2, -0.15) is 5.26 Å². The second-order valence-electron chi connectivity index (χ2n) is 6.14. The molecule has 2 N–H and O–H groups in total. The number of hydrogen-bond acceptors (Lipinski definition) is 5. The lowest BCUT2D eigenvalue weighted by molar-refractivity contribution is 0.308. The summed E-state index contributed by atoms with van der Waals surface area (Å²) in [4.78, 5) is 8.48. The second-order valence-corrected chi connectivity index (χ2v) is 6.55. The van der Waals surface area contributed by atoms with Crippen LogP contribution in [-0.4, -0.2) is 9.97 Å². The Morgan fingerprint density at radius 1 is 1.00 bits per heavy atom. The highest BCUT2D eigenvalue weighted by Gasteiger charge is 2.19. The normalized spacial score (nSPS) is 10.6. The van der Waals surface area contributed by atoms with Gasteiger partial charge < -0.3 is 10.5 Å². The van der Waals surface area contributed by atoms with E-state index in [2.05, 4.69) is 16.0 Å². The maximum Gasteiger partial charge on any atom is 0.134 e. The van der Waals surface area contributed by atoms with Crippen molar-refractivity contribution in [2.45, 2.75) is 6.61 Å². The first-order valence-corrected chi connectivity index (χ1v) is 8.95. The van der Waals surface area contributed by atoms with E-state index in [0.29, 0.717) is 50.8 Å². The molecule has 0 unspecified atom stereocenters. The highest BCUT2D eigenvalue weighted by molar-refractivity contribution is 6.32. The molecule has 0 fully saturated rings. The molecule has 5 nitrogen and oxygen atoms in total. The minimum atomic E-state index is 0.360. The van der Waals surface area contributed by atoms with Crippen LogP contribution >= 0.6 is 11.6 Å². The van der Waals surface area contributed by atoms with Gasteiger partial charge in [0.1, 0.15) is 30.6 Å². The van der Waals surface area contributed by atoms with E-state index in [1.165, 1.54) is 6.33 Å². The number of fused-ring (bicyclic) bond motifs is 1. The smallest absolute Gasteiger partial charge is 0.134 e. The fraction of sp³-hybridized carbons (Fsp3) is 0.0455. The molecule has 0 bridgehead atoms. The van der Waals surface area contributed by atoms with Gasteiger partial charge in [-0.25, -0.2) is 9.97 Å². The van der Waals surface area contributed by atoms with Gasteiger partial charge in [0.15, 0.2) is 0 Å². The summed E-state index contributed by atoms with van der Waals surface area (Å²) >= 11 is 6.27. The minimum absolute atomic E-state index is 0.360. The number of anilines is 1. The van der Waals surface area contributed by atoms with Gasteiger partial charge >= 0.3 is 0 Å². The fourth-order valence-corrected chi connectivity index (χ4v) is 3.31. The molecule has 0 saturated heterocycles. The SMILES string of the molecule is N#Cc1c(Cl)cccc1-c1c(OCc2ccccc2)ccc2c(N)ncnc12. The van der Waals surface area contributed by atoms with Gasteiger partial charge in [-0.15, -0.1) is 0 Å². The van der Waals surface area contributed by atoms with Crippen molar-refractivity contribution in [1.82, 2.24) is 9.97 Å². The van der Waals surface area contributed by atoms with Gasteiger partial charge in [-0.1, -0.05) is 54.1 Å². The molecule has 136 valence electrons. The predicted molar refractivity (Wildman–Crippen MR) is 110 cm³/mol. The van der Waals surface area contributed by atoms with Gasteiger partial charge in [0, 0.05) is 10.9 Å². The number of ether oxygens (including phenoxy) is 1. The highest BCUT2D eigenvalue weighted by atomic mass is 35.5. The van der Waals surface area contributed by atoms with Gasteiger partial charge in [0.25, 0.3) is 0 Å². The van der Waals surface area contributed by atoms with Crippen LogP contribution in [0, 0.1) is 11.3 Å². The van der Waals surface area contributed by atoms with Gasteiger partial charge in [-0.05, 0) is 23.8 Å². The zero-order valence-electron chi connectivity index (χ0n) is 14.8. The van der Waals surface area contributed by atoms with Crippen molar-refractivity contribution in [2.75, 3.05) is 5.73 Å². The van der Waals surface area contributed by atoms with E-state index < -0.39 is 0 Å². The molecule has 0 saturated carbocycles. The molecule has 0 aliphatic heterocycles. The Balaban J connectivity index is 1.93. The van der Waals surface area contributed by atoms with Crippen molar-refractivity contribution in [1.29, 1.82) is 5.26 Å². The van der Waals surface area contributed by atoms with Crippen LogP contribution in [0.5, 0.6) is 5.75 Å². The van der Waals surface area contributed by atoms with Crippen LogP contribution in [0.4, 0.5) is 5.82 Å². The molecule has 6 heteroatoms. The van der Waals surface area contributed by atoms with Gasteiger partial charge in [-0.3, -0.25) is 0 Å². The number of aromatic nitrogens is 2. The molecule has 0 aliphatic carbocycles. The first-order valence-electron chi connectivity index (χ1n) is 8.58. The highest BCUT2D eigenvalue weighted by Crippen LogP contribution is 2.40. The first-order chi connectivity index (χ1) is 13.7. The number of nitrogens with two attached hydrogens (primary N) is 1. The molecule has 0 radical (unpaired) electrons. The number of benzene rings is 3. The Labute approximate surface area is 167 Å². The van der Waals surface area contributed by atoms with Gasteiger partial charge in [0.05, 0.1) is 21.7 Å². The van der Waals surface area contributed by atoms with Gasteiger partial charge in [0.2, 0.25) is 0 Å². The molecule has 0 aliphatic rings. The molecule has 4 rings (SSSR count).